The van der Waals surface area contributed by atoms with Crippen LogP contribution in [-0.2, 0) is 11.3 Å². The Hall–Kier alpha value is -2.94. The van der Waals surface area contributed by atoms with Crippen LogP contribution < -0.4 is 0 Å². The number of carboxylic acid groups (broad SMARTS) is 1. The standard InChI is InChI=1S/C17H17ClN6O3/c18-12-6-19-17-21-13(9-23(17)8-12)16(27)22-5-1-2-11(7-22)14-3-4-20-24(14)10-15(25)26/h3-4,6,8-9,11H,1-2,5,7,10H2,(H,25,26)/t11-/m1/s1. The first kappa shape index (κ1) is 17.5. The van der Waals surface area contributed by atoms with Crippen molar-refractivity contribution in [1.82, 2.24) is 29.0 Å². The largest absolute Gasteiger partial charge is 0.480 e. The van der Waals surface area contributed by atoms with Crippen molar-refractivity contribution in [2.75, 3.05) is 13.1 Å². The van der Waals surface area contributed by atoms with E-state index in [1.807, 2.05) is 6.07 Å². The smallest absolute Gasteiger partial charge is 0.325 e. The van der Waals surface area contributed by atoms with Gasteiger partial charge in [0.1, 0.15) is 12.2 Å². The van der Waals surface area contributed by atoms with E-state index in [2.05, 4.69) is 15.1 Å². The van der Waals surface area contributed by atoms with Crippen molar-refractivity contribution >= 4 is 29.3 Å². The molecule has 9 nitrogen and oxygen atoms in total. The molecule has 0 saturated carbocycles. The van der Waals surface area contributed by atoms with Gasteiger partial charge in [0.2, 0.25) is 5.78 Å². The molecule has 0 aliphatic carbocycles. The number of aliphatic carboxylic acids is 1. The predicted molar refractivity (Wildman–Crippen MR) is 95.7 cm³/mol. The van der Waals surface area contributed by atoms with Crippen LogP contribution in [0.4, 0.5) is 0 Å². The summed E-state index contributed by atoms with van der Waals surface area (Å²) >= 11 is 5.93. The van der Waals surface area contributed by atoms with E-state index >= 15 is 0 Å². The monoisotopic (exact) mass is 388 g/mol. The highest BCUT2D eigenvalue weighted by molar-refractivity contribution is 6.30. The van der Waals surface area contributed by atoms with Crippen LogP contribution >= 0.6 is 11.6 Å². The van der Waals surface area contributed by atoms with Gasteiger partial charge in [-0.25, -0.2) is 9.97 Å². The molecule has 10 heteroatoms. The number of fused-ring (bicyclic) bond motifs is 1. The van der Waals surface area contributed by atoms with Crippen LogP contribution in [-0.4, -0.2) is 59.1 Å². The Morgan fingerprint density at radius 1 is 1.33 bits per heavy atom. The number of halogens is 1. The molecule has 0 bridgehead atoms. The molecule has 0 spiro atoms. The Morgan fingerprint density at radius 2 is 2.19 bits per heavy atom. The molecule has 3 aromatic heterocycles. The van der Waals surface area contributed by atoms with Gasteiger partial charge in [-0.3, -0.25) is 18.7 Å². The minimum absolute atomic E-state index is 0.0363. The number of amides is 1. The maximum Gasteiger partial charge on any atom is 0.325 e. The van der Waals surface area contributed by atoms with Crippen molar-refractivity contribution in [2.24, 2.45) is 0 Å². The molecule has 1 aliphatic rings. The molecule has 27 heavy (non-hydrogen) atoms. The second kappa shape index (κ2) is 6.99. The van der Waals surface area contributed by atoms with Gasteiger partial charge >= 0.3 is 5.97 Å². The zero-order valence-corrected chi connectivity index (χ0v) is 15.1. The number of imidazole rings is 1. The molecule has 1 fully saturated rings. The minimum atomic E-state index is -0.945. The van der Waals surface area contributed by atoms with E-state index in [4.69, 9.17) is 16.7 Å². The quantitative estimate of drug-likeness (QED) is 0.729. The average molecular weight is 389 g/mol. The molecule has 3 aromatic rings. The number of hydrogen-bond acceptors (Lipinski definition) is 5. The molecule has 0 unspecified atom stereocenters. The third-order valence-electron chi connectivity index (χ3n) is 4.66. The van der Waals surface area contributed by atoms with Crippen LogP contribution in [0.1, 0.15) is 34.9 Å². The van der Waals surface area contributed by atoms with Gasteiger partial charge in [0.15, 0.2) is 0 Å². The molecule has 0 aromatic carbocycles. The molecular formula is C17H17ClN6O3. The van der Waals surface area contributed by atoms with Gasteiger partial charge in [0.25, 0.3) is 5.91 Å². The lowest BCUT2D eigenvalue weighted by atomic mass is 9.94. The van der Waals surface area contributed by atoms with Crippen molar-refractivity contribution in [3.05, 3.63) is 47.3 Å². The number of nitrogens with zero attached hydrogens (tertiary/aromatic N) is 6. The predicted octanol–water partition coefficient (Wildman–Crippen LogP) is 1.68. The summed E-state index contributed by atoms with van der Waals surface area (Å²) in [5.41, 5.74) is 1.14. The number of carbonyl (C=O) groups excluding carboxylic acids is 1. The molecule has 1 amide bonds. The van der Waals surface area contributed by atoms with Gasteiger partial charge in [-0.15, -0.1) is 0 Å². The maximum atomic E-state index is 12.9. The van der Waals surface area contributed by atoms with Gasteiger partial charge in [-0.1, -0.05) is 11.6 Å². The number of aromatic nitrogens is 5. The highest BCUT2D eigenvalue weighted by Gasteiger charge is 2.29. The Kier molecular flexibility index (Phi) is 4.53. The van der Waals surface area contributed by atoms with E-state index in [0.717, 1.165) is 18.5 Å². The van der Waals surface area contributed by atoms with E-state index in [0.29, 0.717) is 29.6 Å². The second-order valence-corrected chi connectivity index (χ2v) is 6.94. The fraction of sp³-hybridized carbons (Fsp3) is 0.353. The number of hydrogen-bond donors (Lipinski definition) is 1. The molecule has 4 rings (SSSR count). The highest BCUT2D eigenvalue weighted by atomic mass is 35.5. The Labute approximate surface area is 159 Å². The molecule has 4 heterocycles. The summed E-state index contributed by atoms with van der Waals surface area (Å²) in [4.78, 5) is 34.1. The summed E-state index contributed by atoms with van der Waals surface area (Å²) < 4.78 is 3.11. The summed E-state index contributed by atoms with van der Waals surface area (Å²) in [5.74, 6) is -0.671. The van der Waals surface area contributed by atoms with Crippen molar-refractivity contribution in [3.8, 4) is 0 Å². The van der Waals surface area contributed by atoms with E-state index in [9.17, 15) is 9.59 Å². The number of rotatable bonds is 4. The molecule has 1 atom stereocenters. The molecule has 1 saturated heterocycles. The van der Waals surface area contributed by atoms with Crippen molar-refractivity contribution in [3.63, 3.8) is 0 Å². The van der Waals surface area contributed by atoms with Crippen LogP contribution in [0.15, 0.2) is 30.9 Å². The Balaban J connectivity index is 1.54. The lowest BCUT2D eigenvalue weighted by Crippen LogP contribution is -2.39. The highest BCUT2D eigenvalue weighted by Crippen LogP contribution is 2.27. The van der Waals surface area contributed by atoms with Crippen LogP contribution in [0.5, 0.6) is 0 Å². The van der Waals surface area contributed by atoms with Crippen LogP contribution in [0, 0.1) is 0 Å². The summed E-state index contributed by atoms with van der Waals surface area (Å²) in [7, 11) is 0. The Morgan fingerprint density at radius 3 is 3.00 bits per heavy atom. The van der Waals surface area contributed by atoms with Gasteiger partial charge in [-0.05, 0) is 18.9 Å². The molecule has 1 N–H and O–H groups in total. The van der Waals surface area contributed by atoms with E-state index in [1.165, 1.54) is 10.9 Å². The van der Waals surface area contributed by atoms with Gasteiger partial charge in [-0.2, -0.15) is 5.10 Å². The van der Waals surface area contributed by atoms with Gasteiger partial charge < -0.3 is 10.0 Å². The summed E-state index contributed by atoms with van der Waals surface area (Å²) in [6.07, 6.45) is 8.05. The van der Waals surface area contributed by atoms with Crippen molar-refractivity contribution < 1.29 is 14.7 Å². The maximum absolute atomic E-state index is 12.9. The summed E-state index contributed by atoms with van der Waals surface area (Å²) in [6, 6.07) is 1.82. The topological polar surface area (TPSA) is 106 Å². The molecular weight excluding hydrogens is 372 g/mol. The van der Waals surface area contributed by atoms with E-state index in [-0.39, 0.29) is 18.4 Å². The van der Waals surface area contributed by atoms with E-state index < -0.39 is 5.97 Å². The second-order valence-electron chi connectivity index (χ2n) is 6.50. The molecule has 1 aliphatic heterocycles. The number of likely N-dealkylation sites (tertiary alicyclic amines) is 1. The van der Waals surface area contributed by atoms with Crippen LogP contribution in [0.3, 0.4) is 0 Å². The summed E-state index contributed by atoms with van der Waals surface area (Å²) in [6.45, 7) is 0.933. The third kappa shape index (κ3) is 3.50. The third-order valence-corrected chi connectivity index (χ3v) is 4.85. The van der Waals surface area contributed by atoms with Gasteiger partial charge in [0.05, 0.1) is 11.2 Å². The molecule has 140 valence electrons. The number of piperidine rings is 1. The fourth-order valence-electron chi connectivity index (χ4n) is 3.48. The molecule has 0 radical (unpaired) electrons. The minimum Gasteiger partial charge on any atom is -0.480 e. The first-order chi connectivity index (χ1) is 13.0. The lowest BCUT2D eigenvalue weighted by Gasteiger charge is -2.32. The van der Waals surface area contributed by atoms with Crippen molar-refractivity contribution in [1.29, 1.82) is 0 Å². The SMILES string of the molecule is O=C(O)Cn1nccc1[C@@H]1CCCN(C(=O)c2cn3cc(Cl)cnc3n2)C1. The first-order valence-electron chi connectivity index (χ1n) is 8.54. The van der Waals surface area contributed by atoms with Crippen LogP contribution in [0.25, 0.3) is 5.78 Å². The van der Waals surface area contributed by atoms with Gasteiger partial charge in [0, 0.05) is 43.3 Å². The normalized spacial score (nSPS) is 17.4. The number of carbonyl (C=O) groups is 2. The fourth-order valence-corrected chi connectivity index (χ4v) is 3.63. The van der Waals surface area contributed by atoms with E-state index in [1.54, 1.807) is 27.9 Å². The zero-order valence-electron chi connectivity index (χ0n) is 14.3. The van der Waals surface area contributed by atoms with Crippen LogP contribution in [0.2, 0.25) is 5.02 Å². The Bertz CT molecular complexity index is 1010. The average Bonchev–Trinajstić information content (AvgIpc) is 3.27. The summed E-state index contributed by atoms with van der Waals surface area (Å²) in [5, 5.41) is 13.6. The number of carboxylic acids is 1. The van der Waals surface area contributed by atoms with Crippen molar-refractivity contribution in [2.45, 2.75) is 25.3 Å². The zero-order chi connectivity index (χ0) is 19.0. The lowest BCUT2D eigenvalue weighted by molar-refractivity contribution is -0.137. The first-order valence-corrected chi connectivity index (χ1v) is 8.92.